The van der Waals surface area contributed by atoms with E-state index in [2.05, 4.69) is 45.0 Å². The monoisotopic (exact) mass is 626 g/mol. The molecule has 4 N–H and O–H groups in total. The molecular formula is C32H34N8O6. The molecule has 0 radical (unpaired) electrons. The van der Waals surface area contributed by atoms with E-state index in [1.807, 2.05) is 43.3 Å². The molecule has 1 fully saturated rings. The van der Waals surface area contributed by atoms with Gasteiger partial charge >= 0.3 is 0 Å². The fraction of sp³-hybridized carbons (Fsp3) is 0.312. The summed E-state index contributed by atoms with van der Waals surface area (Å²) in [6, 6.07) is 22.1. The SMILES string of the molecule is CCc1cc([C@H]2O[C@@H](n3cnc4c(NCC(c5ccccc5)c5ccccc5)nc(NCCN)nc43)[C@H](OC=O)[C@@H]2OC=O)on1. The molecule has 6 rings (SSSR count). The summed E-state index contributed by atoms with van der Waals surface area (Å²) in [7, 11) is 0. The molecule has 46 heavy (non-hydrogen) atoms. The molecule has 1 aliphatic heterocycles. The van der Waals surface area contributed by atoms with E-state index in [4.69, 9.17) is 34.4 Å². The Hall–Kier alpha value is -5.34. The highest BCUT2D eigenvalue weighted by Crippen LogP contribution is 2.43. The number of rotatable bonds is 15. The Morgan fingerprint density at radius 3 is 2.30 bits per heavy atom. The summed E-state index contributed by atoms with van der Waals surface area (Å²) in [5, 5.41) is 10.7. The molecule has 1 aliphatic rings. The van der Waals surface area contributed by atoms with Gasteiger partial charge in [-0.1, -0.05) is 72.7 Å². The van der Waals surface area contributed by atoms with Gasteiger partial charge in [-0.05, 0) is 17.5 Å². The van der Waals surface area contributed by atoms with Gasteiger partial charge in [0.2, 0.25) is 5.95 Å². The summed E-state index contributed by atoms with van der Waals surface area (Å²) in [5.74, 6) is 1.12. The molecule has 0 spiro atoms. The van der Waals surface area contributed by atoms with Crippen LogP contribution in [0, 0.1) is 0 Å². The molecule has 5 aromatic rings. The van der Waals surface area contributed by atoms with Crippen LogP contribution in [-0.2, 0) is 30.2 Å². The van der Waals surface area contributed by atoms with E-state index >= 15 is 0 Å². The van der Waals surface area contributed by atoms with Crippen molar-refractivity contribution in [3.63, 3.8) is 0 Å². The van der Waals surface area contributed by atoms with Gasteiger partial charge in [-0.15, -0.1) is 0 Å². The summed E-state index contributed by atoms with van der Waals surface area (Å²) in [6.07, 6.45) is -1.86. The summed E-state index contributed by atoms with van der Waals surface area (Å²) in [4.78, 5) is 37.3. The number of carbonyl (C=O) groups is 2. The number of imidazole rings is 1. The van der Waals surface area contributed by atoms with Gasteiger partial charge in [0.25, 0.3) is 12.9 Å². The van der Waals surface area contributed by atoms with E-state index in [0.717, 1.165) is 11.1 Å². The van der Waals surface area contributed by atoms with E-state index in [1.54, 1.807) is 10.6 Å². The summed E-state index contributed by atoms with van der Waals surface area (Å²) >= 11 is 0. The van der Waals surface area contributed by atoms with Crippen LogP contribution in [0.4, 0.5) is 11.8 Å². The Morgan fingerprint density at radius 2 is 1.67 bits per heavy atom. The fourth-order valence-corrected chi connectivity index (χ4v) is 5.63. The lowest BCUT2D eigenvalue weighted by Crippen LogP contribution is -2.34. The molecule has 0 amide bonds. The van der Waals surface area contributed by atoms with Crippen LogP contribution in [0.1, 0.15) is 47.8 Å². The standard InChI is InChI=1S/C32H34N8O6/c1-2-22-15-24(46-39-22)26-27(43-18-41)28(44-19-42)31(45-26)40-17-36-25-29(37-32(34-14-13-33)38-30(25)40)35-16-23(20-9-5-3-6-10-20)21-11-7-4-8-12-21/h3-12,15,17-19,23,26-28,31H,2,13-14,16,33H2,1H3,(H2,34,35,37,38)/t26-,27-,28-,31-/m1/s1. The van der Waals surface area contributed by atoms with Crippen LogP contribution in [0.2, 0.25) is 0 Å². The highest BCUT2D eigenvalue weighted by atomic mass is 16.6. The minimum absolute atomic E-state index is 0.00964. The lowest BCUT2D eigenvalue weighted by molar-refractivity contribution is -0.151. The number of hydrogen-bond acceptors (Lipinski definition) is 13. The molecule has 0 bridgehead atoms. The zero-order valence-corrected chi connectivity index (χ0v) is 25.1. The Labute approximate surface area is 264 Å². The van der Waals surface area contributed by atoms with Crippen molar-refractivity contribution in [3.8, 4) is 0 Å². The van der Waals surface area contributed by atoms with E-state index in [1.165, 1.54) is 6.33 Å². The van der Waals surface area contributed by atoms with Gasteiger partial charge in [-0.2, -0.15) is 9.97 Å². The third-order valence-corrected chi connectivity index (χ3v) is 7.84. The van der Waals surface area contributed by atoms with Crippen LogP contribution in [-0.4, -0.2) is 69.5 Å². The maximum absolute atomic E-state index is 11.7. The molecule has 14 heteroatoms. The predicted octanol–water partition coefficient (Wildman–Crippen LogP) is 3.34. The maximum Gasteiger partial charge on any atom is 0.293 e. The van der Waals surface area contributed by atoms with Crippen LogP contribution in [0.5, 0.6) is 0 Å². The first-order valence-electron chi connectivity index (χ1n) is 15.0. The van der Waals surface area contributed by atoms with Crippen molar-refractivity contribution in [3.05, 3.63) is 95.6 Å². The zero-order chi connectivity index (χ0) is 31.9. The summed E-state index contributed by atoms with van der Waals surface area (Å²) in [6.45, 7) is 3.78. The van der Waals surface area contributed by atoms with Crippen molar-refractivity contribution in [1.82, 2.24) is 24.7 Å². The summed E-state index contributed by atoms with van der Waals surface area (Å²) in [5.41, 5.74) is 9.57. The molecule has 2 aromatic carbocycles. The Balaban J connectivity index is 1.38. The van der Waals surface area contributed by atoms with Crippen LogP contribution in [0.3, 0.4) is 0 Å². The first kappa shape index (κ1) is 30.7. The van der Waals surface area contributed by atoms with E-state index in [0.29, 0.717) is 60.4 Å². The van der Waals surface area contributed by atoms with Crippen molar-refractivity contribution in [1.29, 1.82) is 0 Å². The molecule has 1 saturated heterocycles. The normalized spacial score (nSPS) is 19.3. The number of benzene rings is 2. The topological polar surface area (TPSA) is 182 Å². The van der Waals surface area contributed by atoms with E-state index in [9.17, 15) is 9.59 Å². The van der Waals surface area contributed by atoms with Gasteiger partial charge in [0.1, 0.15) is 0 Å². The van der Waals surface area contributed by atoms with Gasteiger partial charge < -0.3 is 35.1 Å². The average Bonchev–Trinajstić information content (AvgIpc) is 3.83. The molecule has 238 valence electrons. The van der Waals surface area contributed by atoms with Crippen LogP contribution >= 0.6 is 0 Å². The van der Waals surface area contributed by atoms with Crippen molar-refractivity contribution < 1.29 is 28.3 Å². The van der Waals surface area contributed by atoms with Crippen molar-refractivity contribution in [2.45, 2.75) is 43.8 Å². The van der Waals surface area contributed by atoms with Gasteiger partial charge in [-0.3, -0.25) is 14.2 Å². The maximum atomic E-state index is 11.7. The number of aryl methyl sites for hydroxylation is 1. The smallest absolute Gasteiger partial charge is 0.293 e. The Morgan fingerprint density at radius 1 is 0.978 bits per heavy atom. The molecule has 4 atom stereocenters. The molecule has 0 saturated carbocycles. The Bertz CT molecular complexity index is 1710. The number of nitrogens with two attached hydrogens (primary N) is 1. The molecular weight excluding hydrogens is 592 g/mol. The number of anilines is 2. The van der Waals surface area contributed by atoms with Gasteiger partial charge in [0.05, 0.1) is 12.0 Å². The minimum atomic E-state index is -1.06. The number of nitrogens with zero attached hydrogens (tertiary/aromatic N) is 5. The first-order chi connectivity index (χ1) is 22.6. The molecule has 4 heterocycles. The summed E-state index contributed by atoms with van der Waals surface area (Å²) < 4.78 is 24.3. The quantitative estimate of drug-likeness (QED) is 0.144. The first-order valence-corrected chi connectivity index (χ1v) is 15.0. The second-order valence-electron chi connectivity index (χ2n) is 10.6. The number of carbonyl (C=O) groups excluding carboxylic acids is 2. The highest BCUT2D eigenvalue weighted by molar-refractivity contribution is 5.84. The molecule has 3 aromatic heterocycles. The lowest BCUT2D eigenvalue weighted by Gasteiger charge is -2.21. The fourth-order valence-electron chi connectivity index (χ4n) is 5.63. The Kier molecular flexibility index (Phi) is 9.45. The van der Waals surface area contributed by atoms with Gasteiger partial charge in [0.15, 0.2) is 47.3 Å². The largest absolute Gasteiger partial charge is 0.457 e. The van der Waals surface area contributed by atoms with Crippen LogP contribution < -0.4 is 16.4 Å². The molecule has 14 nitrogen and oxygen atoms in total. The second kappa shape index (κ2) is 14.2. The van der Waals surface area contributed by atoms with Crippen molar-refractivity contribution >= 4 is 35.9 Å². The number of aromatic nitrogens is 5. The van der Waals surface area contributed by atoms with Gasteiger partial charge in [-0.25, -0.2) is 4.98 Å². The second-order valence-corrected chi connectivity index (χ2v) is 10.6. The number of ether oxygens (including phenoxy) is 3. The average molecular weight is 627 g/mol. The molecule has 0 aliphatic carbocycles. The number of fused-ring (bicyclic) bond motifs is 1. The third kappa shape index (κ3) is 6.25. The number of hydrogen-bond donors (Lipinski definition) is 3. The van der Waals surface area contributed by atoms with E-state index in [-0.39, 0.29) is 18.9 Å². The van der Waals surface area contributed by atoms with E-state index < -0.39 is 24.5 Å². The van der Waals surface area contributed by atoms with Crippen LogP contribution in [0.15, 0.2) is 77.6 Å². The van der Waals surface area contributed by atoms with Crippen LogP contribution in [0.25, 0.3) is 11.2 Å². The minimum Gasteiger partial charge on any atom is -0.457 e. The zero-order valence-electron chi connectivity index (χ0n) is 25.1. The van der Waals surface area contributed by atoms with Crippen molar-refractivity contribution in [2.75, 3.05) is 30.3 Å². The lowest BCUT2D eigenvalue weighted by atomic mass is 9.91. The third-order valence-electron chi connectivity index (χ3n) is 7.84. The van der Waals surface area contributed by atoms with Crippen molar-refractivity contribution in [2.24, 2.45) is 5.73 Å². The van der Waals surface area contributed by atoms with Gasteiger partial charge in [0, 0.05) is 31.6 Å². The predicted molar refractivity (Wildman–Crippen MR) is 167 cm³/mol. The number of nitrogens with one attached hydrogen (secondary N) is 2. The molecule has 0 unspecified atom stereocenters. The highest BCUT2D eigenvalue weighted by Gasteiger charge is 2.51.